The Hall–Kier alpha value is -4.41. The number of piperazine rings is 1. The molecule has 0 atom stereocenters. The summed E-state index contributed by atoms with van der Waals surface area (Å²) in [4.78, 5) is 20.5. The minimum atomic E-state index is -3.99. The van der Waals surface area contributed by atoms with Gasteiger partial charge in [0.05, 0.1) is 10.4 Å². The first-order chi connectivity index (χ1) is 19.8. The molecule has 0 aliphatic carbocycles. The van der Waals surface area contributed by atoms with Crippen molar-refractivity contribution >= 4 is 26.9 Å². The van der Waals surface area contributed by atoms with E-state index in [0.717, 1.165) is 34.9 Å². The smallest absolute Gasteiger partial charge is 0.353 e. The maximum Gasteiger partial charge on any atom is 0.353 e. The Labute approximate surface area is 239 Å². The molecular formula is C31H32N4O5S. The highest BCUT2D eigenvalue weighted by Gasteiger charge is 2.24. The Balaban J connectivity index is 1.20. The van der Waals surface area contributed by atoms with E-state index in [-0.39, 0.29) is 10.6 Å². The first-order valence-electron chi connectivity index (χ1n) is 13.3. The number of carbonyl (C=O) groups is 1. The van der Waals surface area contributed by atoms with Crippen LogP contribution in [0.25, 0.3) is 10.9 Å². The third-order valence-corrected chi connectivity index (χ3v) is 8.31. The number of para-hydroxylation sites is 1. The van der Waals surface area contributed by atoms with E-state index in [1.165, 1.54) is 17.7 Å². The summed E-state index contributed by atoms with van der Waals surface area (Å²) in [6.07, 6.45) is 1.06. The van der Waals surface area contributed by atoms with Gasteiger partial charge in [0.2, 0.25) is 0 Å². The summed E-state index contributed by atoms with van der Waals surface area (Å²) in [6, 6.07) is 25.9. The second-order valence-electron chi connectivity index (χ2n) is 9.90. The second kappa shape index (κ2) is 12.4. The lowest BCUT2D eigenvalue weighted by Gasteiger charge is -2.36. The zero-order chi connectivity index (χ0) is 28.8. The number of carboxylic acids is 1. The fourth-order valence-electron chi connectivity index (χ4n) is 4.87. The minimum absolute atomic E-state index is 0.00345. The van der Waals surface area contributed by atoms with Crippen molar-refractivity contribution in [2.24, 2.45) is 0 Å². The summed E-state index contributed by atoms with van der Waals surface area (Å²) in [6.45, 7) is 5.31. The number of hydrogen-bond donors (Lipinski definition) is 2. The van der Waals surface area contributed by atoms with Gasteiger partial charge in [0.25, 0.3) is 10.0 Å². The van der Waals surface area contributed by atoms with Crippen molar-refractivity contribution in [2.75, 3.05) is 26.2 Å². The zero-order valence-corrected chi connectivity index (χ0v) is 23.5. The van der Waals surface area contributed by atoms with E-state index >= 15 is 0 Å². The van der Waals surface area contributed by atoms with Crippen LogP contribution in [-0.2, 0) is 28.0 Å². The SMILES string of the molecule is Cc1cc(COc2ccc(S(=O)(=O)N/C=C(\C(=O)O)N3CCN(Cc4ccccc4)CC3)cc2)c2ccccc2n1. The lowest BCUT2D eigenvalue weighted by atomic mass is 10.1. The van der Waals surface area contributed by atoms with Gasteiger partial charge >= 0.3 is 5.97 Å². The van der Waals surface area contributed by atoms with Crippen LogP contribution in [0.4, 0.5) is 0 Å². The second-order valence-corrected chi connectivity index (χ2v) is 11.6. The maximum atomic E-state index is 12.9. The molecule has 10 heteroatoms. The van der Waals surface area contributed by atoms with Crippen LogP contribution in [-0.4, -0.2) is 60.5 Å². The summed E-state index contributed by atoms with van der Waals surface area (Å²) in [5, 5.41) is 10.8. The first kappa shape index (κ1) is 28.1. The number of hydrogen-bond acceptors (Lipinski definition) is 7. The highest BCUT2D eigenvalue weighted by molar-refractivity contribution is 7.89. The van der Waals surface area contributed by atoms with Gasteiger partial charge in [0.15, 0.2) is 0 Å². The van der Waals surface area contributed by atoms with Crippen LogP contribution >= 0.6 is 0 Å². The molecule has 41 heavy (non-hydrogen) atoms. The van der Waals surface area contributed by atoms with Crippen molar-refractivity contribution in [3.05, 3.63) is 114 Å². The number of pyridine rings is 1. The highest BCUT2D eigenvalue weighted by atomic mass is 32.2. The minimum Gasteiger partial charge on any atom is -0.489 e. The molecule has 0 spiro atoms. The number of sulfonamides is 1. The molecule has 0 radical (unpaired) electrons. The molecule has 0 unspecified atom stereocenters. The van der Waals surface area contributed by atoms with Gasteiger partial charge in [-0.2, -0.15) is 0 Å². The molecule has 4 aromatic rings. The number of aromatic nitrogens is 1. The summed E-state index contributed by atoms with van der Waals surface area (Å²) in [7, 11) is -3.99. The summed E-state index contributed by atoms with van der Waals surface area (Å²) < 4.78 is 34.2. The van der Waals surface area contributed by atoms with Gasteiger partial charge in [0.1, 0.15) is 18.1 Å². The van der Waals surface area contributed by atoms with Crippen LogP contribution in [0.3, 0.4) is 0 Å². The molecule has 212 valence electrons. The average Bonchev–Trinajstić information content (AvgIpc) is 2.97. The fourth-order valence-corrected chi connectivity index (χ4v) is 5.77. The van der Waals surface area contributed by atoms with Crippen molar-refractivity contribution in [1.29, 1.82) is 0 Å². The molecule has 1 aromatic heterocycles. The van der Waals surface area contributed by atoms with Crippen molar-refractivity contribution in [3.63, 3.8) is 0 Å². The van der Waals surface area contributed by atoms with E-state index in [2.05, 4.69) is 26.7 Å². The predicted molar refractivity (Wildman–Crippen MR) is 157 cm³/mol. The topological polar surface area (TPSA) is 112 Å². The number of carboxylic acid groups (broad SMARTS) is 1. The van der Waals surface area contributed by atoms with Crippen LogP contribution in [0.2, 0.25) is 0 Å². The predicted octanol–water partition coefficient (Wildman–Crippen LogP) is 4.14. The van der Waals surface area contributed by atoms with Crippen molar-refractivity contribution in [3.8, 4) is 5.75 Å². The Kier molecular flexibility index (Phi) is 8.51. The lowest BCUT2D eigenvalue weighted by molar-refractivity contribution is -0.134. The normalized spacial score (nSPS) is 14.7. The quantitative estimate of drug-likeness (QED) is 0.273. The van der Waals surface area contributed by atoms with Crippen molar-refractivity contribution in [1.82, 2.24) is 19.5 Å². The standard InChI is InChI=1S/C31H32N4O5S/c1-23-19-25(28-9-5-6-10-29(28)33-23)22-40-26-11-13-27(14-12-26)41(38,39)32-20-30(31(36)37)35-17-15-34(16-18-35)21-24-7-3-2-4-8-24/h2-14,19-20,32H,15-18,21-22H2,1H3,(H,36,37)/b30-20+. The van der Waals surface area contributed by atoms with Gasteiger partial charge in [-0.3, -0.25) is 14.6 Å². The van der Waals surface area contributed by atoms with E-state index in [9.17, 15) is 18.3 Å². The molecule has 1 aliphatic rings. The summed E-state index contributed by atoms with van der Waals surface area (Å²) in [5.74, 6) is -0.676. The Morgan fingerprint density at radius 3 is 2.37 bits per heavy atom. The first-order valence-corrected chi connectivity index (χ1v) is 14.8. The number of nitrogens with one attached hydrogen (secondary N) is 1. The summed E-state index contributed by atoms with van der Waals surface area (Å²) in [5.41, 5.74) is 3.87. The molecule has 2 N–H and O–H groups in total. The molecule has 3 aromatic carbocycles. The van der Waals surface area contributed by atoms with E-state index in [1.54, 1.807) is 17.0 Å². The molecule has 1 aliphatic heterocycles. The van der Waals surface area contributed by atoms with Crippen LogP contribution < -0.4 is 9.46 Å². The molecule has 0 bridgehead atoms. The molecule has 1 fully saturated rings. The number of rotatable bonds is 10. The van der Waals surface area contributed by atoms with Gasteiger partial charge in [-0.25, -0.2) is 13.2 Å². The Bertz CT molecular complexity index is 1650. The Morgan fingerprint density at radius 2 is 1.66 bits per heavy atom. The lowest BCUT2D eigenvalue weighted by Crippen LogP contribution is -2.46. The van der Waals surface area contributed by atoms with E-state index in [4.69, 9.17) is 4.74 Å². The monoisotopic (exact) mass is 572 g/mol. The van der Waals surface area contributed by atoms with Crippen LogP contribution in [0.1, 0.15) is 16.8 Å². The molecule has 5 rings (SSSR count). The van der Waals surface area contributed by atoms with E-state index in [0.29, 0.717) is 38.5 Å². The molecule has 0 amide bonds. The molecule has 0 saturated carbocycles. The van der Waals surface area contributed by atoms with Crippen molar-refractivity contribution < 1.29 is 23.1 Å². The third-order valence-electron chi connectivity index (χ3n) is 6.99. The van der Waals surface area contributed by atoms with Crippen molar-refractivity contribution in [2.45, 2.75) is 25.0 Å². The van der Waals surface area contributed by atoms with Gasteiger partial charge in [-0.05, 0) is 48.9 Å². The van der Waals surface area contributed by atoms with Gasteiger partial charge < -0.3 is 14.7 Å². The molecule has 9 nitrogen and oxygen atoms in total. The average molecular weight is 573 g/mol. The van der Waals surface area contributed by atoms with Crippen LogP contribution in [0.5, 0.6) is 5.75 Å². The highest BCUT2D eigenvalue weighted by Crippen LogP contribution is 2.22. The zero-order valence-electron chi connectivity index (χ0n) is 22.7. The molecule has 2 heterocycles. The molecule has 1 saturated heterocycles. The van der Waals surface area contributed by atoms with E-state index in [1.807, 2.05) is 55.5 Å². The number of aryl methyl sites for hydroxylation is 1. The number of aliphatic carboxylic acids is 1. The third kappa shape index (κ3) is 7.03. The summed E-state index contributed by atoms with van der Waals surface area (Å²) >= 11 is 0. The number of nitrogens with zero attached hydrogens (tertiary/aromatic N) is 3. The maximum absolute atomic E-state index is 12.9. The number of benzene rings is 3. The van der Waals surface area contributed by atoms with E-state index < -0.39 is 16.0 Å². The van der Waals surface area contributed by atoms with Gasteiger partial charge in [-0.1, -0.05) is 48.5 Å². The Morgan fingerprint density at radius 1 is 0.976 bits per heavy atom. The van der Waals surface area contributed by atoms with Gasteiger partial charge in [0, 0.05) is 55.6 Å². The molecular weight excluding hydrogens is 540 g/mol. The van der Waals surface area contributed by atoms with Crippen LogP contribution in [0, 0.1) is 6.92 Å². The van der Waals surface area contributed by atoms with Gasteiger partial charge in [-0.15, -0.1) is 0 Å². The fraction of sp³-hybridized carbons (Fsp3) is 0.226. The number of fused-ring (bicyclic) bond motifs is 1. The van der Waals surface area contributed by atoms with Crippen LogP contribution in [0.15, 0.2) is 102 Å². The number of ether oxygens (including phenoxy) is 1. The largest absolute Gasteiger partial charge is 0.489 e.